The molecule has 1 aromatic carbocycles. The van der Waals surface area contributed by atoms with Crippen molar-refractivity contribution in [3.8, 4) is 0 Å². The van der Waals surface area contributed by atoms with Gasteiger partial charge < -0.3 is 14.7 Å². The van der Waals surface area contributed by atoms with E-state index >= 15 is 0 Å². The lowest BCUT2D eigenvalue weighted by molar-refractivity contribution is -0.173. The van der Waals surface area contributed by atoms with E-state index in [0.29, 0.717) is 12.1 Å². The lowest BCUT2D eigenvalue weighted by Crippen LogP contribution is -2.40. The standard InChI is InChI=1S/C33H54N2O5/c1-5-8-9-10-11-12-13-14-15-16-17-18-19-20-25-35-30(36)26-29(31(35)37)40-32(38)33(4,39)27-21-23-28(24-22-27)34(6-2)7-3/h21-24,29,39H,5-20,25-26H2,1-4H3. The molecule has 2 atom stereocenters. The summed E-state index contributed by atoms with van der Waals surface area (Å²) in [6.07, 6.45) is 16.0. The van der Waals surface area contributed by atoms with Gasteiger partial charge in [0.15, 0.2) is 11.7 Å². The highest BCUT2D eigenvalue weighted by Crippen LogP contribution is 2.27. The van der Waals surface area contributed by atoms with Crippen molar-refractivity contribution in [1.29, 1.82) is 0 Å². The van der Waals surface area contributed by atoms with Gasteiger partial charge in [0.1, 0.15) is 0 Å². The summed E-state index contributed by atoms with van der Waals surface area (Å²) in [5, 5.41) is 10.9. The smallest absolute Gasteiger partial charge is 0.343 e. The van der Waals surface area contributed by atoms with Crippen molar-refractivity contribution >= 4 is 23.5 Å². The zero-order valence-electron chi connectivity index (χ0n) is 25.6. The number of imide groups is 1. The molecule has 1 aromatic rings. The number of ether oxygens (including phenoxy) is 1. The number of aliphatic hydroxyl groups is 1. The topological polar surface area (TPSA) is 87.2 Å². The number of rotatable bonds is 21. The Labute approximate surface area is 242 Å². The van der Waals surface area contributed by atoms with Crippen LogP contribution in [0.4, 0.5) is 5.69 Å². The van der Waals surface area contributed by atoms with Crippen LogP contribution in [-0.2, 0) is 24.7 Å². The molecule has 0 bridgehead atoms. The lowest BCUT2D eigenvalue weighted by Gasteiger charge is -2.25. The molecule has 7 nitrogen and oxygen atoms in total. The molecule has 7 heteroatoms. The number of esters is 1. The maximum atomic E-state index is 12.8. The highest BCUT2D eigenvalue weighted by atomic mass is 16.6. The van der Waals surface area contributed by atoms with Crippen molar-refractivity contribution in [3.63, 3.8) is 0 Å². The molecule has 1 fully saturated rings. The molecular weight excluding hydrogens is 504 g/mol. The van der Waals surface area contributed by atoms with Crippen molar-refractivity contribution in [2.45, 2.75) is 136 Å². The van der Waals surface area contributed by atoms with Crippen LogP contribution in [0.1, 0.15) is 130 Å². The lowest BCUT2D eigenvalue weighted by atomic mass is 9.95. The van der Waals surface area contributed by atoms with E-state index in [0.717, 1.165) is 38.0 Å². The Bertz CT molecular complexity index is 895. The van der Waals surface area contributed by atoms with Crippen LogP contribution in [-0.4, -0.2) is 53.5 Å². The van der Waals surface area contributed by atoms with Gasteiger partial charge in [-0.3, -0.25) is 14.5 Å². The van der Waals surface area contributed by atoms with E-state index in [9.17, 15) is 19.5 Å². The number of unbranched alkanes of at least 4 members (excludes halogenated alkanes) is 13. The summed E-state index contributed by atoms with van der Waals surface area (Å²) in [5.41, 5.74) is -0.550. The van der Waals surface area contributed by atoms with Gasteiger partial charge in [-0.05, 0) is 44.9 Å². The van der Waals surface area contributed by atoms with Crippen LogP contribution in [0.15, 0.2) is 24.3 Å². The molecule has 2 unspecified atom stereocenters. The Kier molecular flexibility index (Phi) is 15.3. The minimum absolute atomic E-state index is 0.167. The Hall–Kier alpha value is -2.41. The van der Waals surface area contributed by atoms with Gasteiger partial charge in [0, 0.05) is 25.3 Å². The van der Waals surface area contributed by atoms with Crippen LogP contribution in [0.25, 0.3) is 0 Å². The summed E-state index contributed by atoms with van der Waals surface area (Å²) < 4.78 is 5.38. The van der Waals surface area contributed by atoms with Gasteiger partial charge in [-0.15, -0.1) is 0 Å². The Morgan fingerprint density at radius 3 is 1.80 bits per heavy atom. The third-order valence-corrected chi connectivity index (χ3v) is 8.14. The number of anilines is 1. The minimum atomic E-state index is -1.92. The van der Waals surface area contributed by atoms with Crippen LogP contribution in [0.2, 0.25) is 0 Å². The molecule has 0 spiro atoms. The number of benzene rings is 1. The van der Waals surface area contributed by atoms with Crippen LogP contribution >= 0.6 is 0 Å². The fourth-order valence-electron chi connectivity index (χ4n) is 5.39. The van der Waals surface area contributed by atoms with Gasteiger partial charge in [-0.2, -0.15) is 0 Å². The normalized spacial score (nSPS) is 16.8. The minimum Gasteiger partial charge on any atom is -0.449 e. The summed E-state index contributed by atoms with van der Waals surface area (Å²) >= 11 is 0. The highest BCUT2D eigenvalue weighted by Gasteiger charge is 2.44. The SMILES string of the molecule is CCCCCCCCCCCCCCCCN1C(=O)CC(OC(=O)C(C)(O)c2ccc(N(CC)CC)cc2)C1=O. The predicted molar refractivity (Wildman–Crippen MR) is 161 cm³/mol. The Balaban J connectivity index is 1.66. The molecule has 2 amide bonds. The predicted octanol–water partition coefficient (Wildman–Crippen LogP) is 6.89. The molecule has 1 N–H and O–H groups in total. The maximum Gasteiger partial charge on any atom is 0.343 e. The van der Waals surface area contributed by atoms with Crippen LogP contribution in [0.3, 0.4) is 0 Å². The van der Waals surface area contributed by atoms with Gasteiger partial charge in [0.2, 0.25) is 5.91 Å². The second-order valence-corrected chi connectivity index (χ2v) is 11.4. The Morgan fingerprint density at radius 2 is 1.32 bits per heavy atom. The van der Waals surface area contributed by atoms with E-state index in [-0.39, 0.29) is 12.3 Å². The quantitative estimate of drug-likeness (QED) is 0.100. The van der Waals surface area contributed by atoms with Gasteiger partial charge in [0.05, 0.1) is 6.42 Å². The van der Waals surface area contributed by atoms with Gasteiger partial charge >= 0.3 is 5.97 Å². The third-order valence-electron chi connectivity index (χ3n) is 8.14. The van der Waals surface area contributed by atoms with E-state index in [1.807, 2.05) is 12.1 Å². The fraction of sp³-hybridized carbons (Fsp3) is 0.727. The number of likely N-dealkylation sites (tertiary alicyclic amines) is 1. The van der Waals surface area contributed by atoms with Crippen LogP contribution in [0, 0.1) is 0 Å². The van der Waals surface area contributed by atoms with Gasteiger partial charge in [-0.25, -0.2) is 4.79 Å². The molecule has 1 aliphatic rings. The monoisotopic (exact) mass is 558 g/mol. The molecular formula is C33H54N2O5. The third kappa shape index (κ3) is 10.5. The summed E-state index contributed by atoms with van der Waals surface area (Å²) in [7, 11) is 0. The number of hydrogen-bond donors (Lipinski definition) is 1. The zero-order chi connectivity index (χ0) is 29.4. The summed E-state index contributed by atoms with van der Waals surface area (Å²) in [4.78, 5) is 41.5. The average molecular weight is 559 g/mol. The van der Waals surface area contributed by atoms with Gasteiger partial charge in [-0.1, -0.05) is 103 Å². The van der Waals surface area contributed by atoms with Crippen LogP contribution in [0.5, 0.6) is 0 Å². The molecule has 0 aliphatic carbocycles. The summed E-state index contributed by atoms with van der Waals surface area (Å²) in [6.45, 7) is 9.79. The van der Waals surface area contributed by atoms with Crippen molar-refractivity contribution in [3.05, 3.63) is 29.8 Å². The maximum absolute atomic E-state index is 12.8. The Morgan fingerprint density at radius 1 is 0.850 bits per heavy atom. The number of carbonyl (C=O) groups excluding carboxylic acids is 3. The van der Waals surface area contributed by atoms with Crippen molar-refractivity contribution < 1.29 is 24.2 Å². The first-order valence-electron chi connectivity index (χ1n) is 15.9. The largest absolute Gasteiger partial charge is 0.449 e. The first kappa shape index (κ1) is 33.8. The average Bonchev–Trinajstić information content (AvgIpc) is 3.21. The van der Waals surface area contributed by atoms with E-state index in [4.69, 9.17) is 4.74 Å². The molecule has 226 valence electrons. The number of carbonyl (C=O) groups is 3. The van der Waals surface area contributed by atoms with E-state index < -0.39 is 23.6 Å². The number of amides is 2. The fourth-order valence-corrected chi connectivity index (χ4v) is 5.39. The van der Waals surface area contributed by atoms with E-state index in [1.54, 1.807) is 12.1 Å². The first-order valence-corrected chi connectivity index (χ1v) is 15.9. The second kappa shape index (κ2) is 18.1. The molecule has 0 aromatic heterocycles. The molecule has 1 saturated heterocycles. The molecule has 0 radical (unpaired) electrons. The highest BCUT2D eigenvalue weighted by molar-refractivity contribution is 6.05. The zero-order valence-corrected chi connectivity index (χ0v) is 25.6. The summed E-state index contributed by atoms with van der Waals surface area (Å²) in [6, 6.07) is 7.09. The molecule has 1 aliphatic heterocycles. The van der Waals surface area contributed by atoms with Crippen molar-refractivity contribution in [1.82, 2.24) is 4.90 Å². The summed E-state index contributed by atoms with van der Waals surface area (Å²) in [5.74, 6) is -1.73. The van der Waals surface area contributed by atoms with Crippen molar-refractivity contribution in [2.24, 2.45) is 0 Å². The van der Waals surface area contributed by atoms with Crippen molar-refractivity contribution in [2.75, 3.05) is 24.5 Å². The molecule has 2 rings (SSSR count). The van der Waals surface area contributed by atoms with E-state index in [1.165, 1.54) is 82.5 Å². The number of hydrogen-bond acceptors (Lipinski definition) is 6. The van der Waals surface area contributed by atoms with Crippen LogP contribution < -0.4 is 4.90 Å². The molecule has 0 saturated carbocycles. The molecule has 1 heterocycles. The first-order chi connectivity index (χ1) is 19.3. The second-order valence-electron chi connectivity index (χ2n) is 11.4. The van der Waals surface area contributed by atoms with Gasteiger partial charge in [0.25, 0.3) is 5.91 Å². The van der Waals surface area contributed by atoms with E-state index in [2.05, 4.69) is 25.7 Å². The molecule has 40 heavy (non-hydrogen) atoms. The number of nitrogens with zero attached hydrogens (tertiary/aromatic N) is 2.